The fourth-order valence-electron chi connectivity index (χ4n) is 2.41. The maximum absolute atomic E-state index is 12.1. The monoisotopic (exact) mass is 307 g/mol. The van der Waals surface area contributed by atoms with Crippen LogP contribution >= 0.6 is 0 Å². The maximum Gasteiger partial charge on any atom is 0.262 e. The van der Waals surface area contributed by atoms with Gasteiger partial charge in [-0.1, -0.05) is 42.5 Å². The van der Waals surface area contributed by atoms with Crippen molar-refractivity contribution in [3.63, 3.8) is 0 Å². The van der Waals surface area contributed by atoms with Crippen molar-refractivity contribution in [2.45, 2.75) is 0 Å². The number of amides is 1. The molecule has 116 valence electrons. The van der Waals surface area contributed by atoms with Crippen LogP contribution < -0.4 is 14.8 Å². The second kappa shape index (κ2) is 6.83. The van der Waals surface area contributed by atoms with Gasteiger partial charge in [0, 0.05) is 16.5 Å². The first-order valence-corrected chi connectivity index (χ1v) is 7.31. The standard InChI is InChI=1S/C19H17NO3/c1-22-18-12-11-17(15-9-5-6-10-16(15)18)20-19(21)13-23-14-7-3-2-4-8-14/h2-12H,13H2,1H3,(H,20,21). The molecule has 0 saturated carbocycles. The van der Waals surface area contributed by atoms with Crippen LogP contribution in [0, 0.1) is 0 Å². The average molecular weight is 307 g/mol. The Bertz CT molecular complexity index is 815. The van der Waals surface area contributed by atoms with Gasteiger partial charge in [0.2, 0.25) is 0 Å². The summed E-state index contributed by atoms with van der Waals surface area (Å²) in [6.45, 7) is -0.0373. The van der Waals surface area contributed by atoms with E-state index in [0.717, 1.165) is 22.2 Å². The van der Waals surface area contributed by atoms with Gasteiger partial charge >= 0.3 is 0 Å². The number of ether oxygens (including phenoxy) is 2. The molecule has 0 aliphatic carbocycles. The highest BCUT2D eigenvalue weighted by Gasteiger charge is 2.09. The van der Waals surface area contributed by atoms with Gasteiger partial charge in [0.15, 0.2) is 6.61 Å². The van der Waals surface area contributed by atoms with E-state index >= 15 is 0 Å². The van der Waals surface area contributed by atoms with Crippen molar-refractivity contribution < 1.29 is 14.3 Å². The van der Waals surface area contributed by atoms with E-state index in [9.17, 15) is 4.79 Å². The lowest BCUT2D eigenvalue weighted by Crippen LogP contribution is -2.20. The first-order chi connectivity index (χ1) is 11.3. The number of methoxy groups -OCH3 is 1. The highest BCUT2D eigenvalue weighted by molar-refractivity contribution is 6.04. The zero-order chi connectivity index (χ0) is 16.1. The van der Waals surface area contributed by atoms with Crippen molar-refractivity contribution in [3.8, 4) is 11.5 Å². The van der Waals surface area contributed by atoms with Gasteiger partial charge in [0.25, 0.3) is 5.91 Å². The predicted molar refractivity (Wildman–Crippen MR) is 91.1 cm³/mol. The number of fused-ring (bicyclic) bond motifs is 1. The van der Waals surface area contributed by atoms with Gasteiger partial charge in [0.05, 0.1) is 7.11 Å². The van der Waals surface area contributed by atoms with Crippen molar-refractivity contribution in [1.29, 1.82) is 0 Å². The van der Waals surface area contributed by atoms with Crippen LogP contribution in [0.25, 0.3) is 10.8 Å². The minimum Gasteiger partial charge on any atom is -0.496 e. The molecule has 1 N–H and O–H groups in total. The Kier molecular flexibility index (Phi) is 4.43. The summed E-state index contributed by atoms with van der Waals surface area (Å²) in [6.07, 6.45) is 0. The summed E-state index contributed by atoms with van der Waals surface area (Å²) >= 11 is 0. The lowest BCUT2D eigenvalue weighted by molar-refractivity contribution is -0.118. The van der Waals surface area contributed by atoms with Crippen molar-refractivity contribution >= 4 is 22.4 Å². The van der Waals surface area contributed by atoms with E-state index in [1.54, 1.807) is 7.11 Å². The van der Waals surface area contributed by atoms with Gasteiger partial charge in [-0.05, 0) is 24.3 Å². The number of nitrogens with one attached hydrogen (secondary N) is 1. The minimum atomic E-state index is -0.204. The van der Waals surface area contributed by atoms with Crippen LogP contribution in [-0.2, 0) is 4.79 Å². The molecular weight excluding hydrogens is 290 g/mol. The molecule has 4 nitrogen and oxygen atoms in total. The largest absolute Gasteiger partial charge is 0.496 e. The third-order valence-electron chi connectivity index (χ3n) is 3.49. The molecule has 0 unspecified atom stereocenters. The first-order valence-electron chi connectivity index (χ1n) is 7.31. The molecule has 3 rings (SSSR count). The quantitative estimate of drug-likeness (QED) is 0.778. The number of anilines is 1. The van der Waals surface area contributed by atoms with Crippen LogP contribution in [-0.4, -0.2) is 19.6 Å². The van der Waals surface area contributed by atoms with E-state index in [1.807, 2.05) is 66.7 Å². The minimum absolute atomic E-state index is 0.0373. The number of hydrogen-bond acceptors (Lipinski definition) is 3. The van der Waals surface area contributed by atoms with Crippen LogP contribution in [0.3, 0.4) is 0 Å². The molecule has 0 heterocycles. The highest BCUT2D eigenvalue weighted by Crippen LogP contribution is 2.31. The molecule has 0 aliphatic heterocycles. The molecule has 3 aromatic carbocycles. The fourth-order valence-corrected chi connectivity index (χ4v) is 2.41. The number of carbonyl (C=O) groups excluding carboxylic acids is 1. The summed E-state index contributed by atoms with van der Waals surface area (Å²) in [5, 5.41) is 4.77. The van der Waals surface area contributed by atoms with E-state index in [1.165, 1.54) is 0 Å². The van der Waals surface area contributed by atoms with Crippen LogP contribution in [0.5, 0.6) is 11.5 Å². The first kappa shape index (κ1) is 14.9. The Labute approximate surface area is 134 Å². The Morgan fingerprint density at radius 1 is 0.913 bits per heavy atom. The van der Waals surface area contributed by atoms with Crippen molar-refractivity contribution in [2.75, 3.05) is 19.0 Å². The van der Waals surface area contributed by atoms with E-state index in [-0.39, 0.29) is 12.5 Å². The number of para-hydroxylation sites is 1. The smallest absolute Gasteiger partial charge is 0.262 e. The summed E-state index contributed by atoms with van der Waals surface area (Å²) in [6, 6.07) is 20.7. The molecule has 0 aromatic heterocycles. The lowest BCUT2D eigenvalue weighted by atomic mass is 10.1. The molecule has 0 spiro atoms. The highest BCUT2D eigenvalue weighted by atomic mass is 16.5. The fraction of sp³-hybridized carbons (Fsp3) is 0.105. The summed E-state index contributed by atoms with van der Waals surface area (Å²) in [5.41, 5.74) is 0.739. The summed E-state index contributed by atoms with van der Waals surface area (Å²) < 4.78 is 10.8. The van der Waals surface area contributed by atoms with Gasteiger partial charge in [-0.15, -0.1) is 0 Å². The predicted octanol–water partition coefficient (Wildman–Crippen LogP) is 3.87. The van der Waals surface area contributed by atoms with Crippen molar-refractivity contribution in [3.05, 3.63) is 66.7 Å². The Morgan fingerprint density at radius 3 is 2.35 bits per heavy atom. The molecule has 0 saturated heterocycles. The van der Waals surface area contributed by atoms with Gasteiger partial charge in [-0.2, -0.15) is 0 Å². The van der Waals surface area contributed by atoms with Gasteiger partial charge in [-0.3, -0.25) is 4.79 Å². The molecular formula is C19H17NO3. The molecule has 0 radical (unpaired) electrons. The number of benzene rings is 3. The van der Waals surface area contributed by atoms with Crippen LogP contribution in [0.2, 0.25) is 0 Å². The average Bonchev–Trinajstić information content (AvgIpc) is 2.61. The van der Waals surface area contributed by atoms with Gasteiger partial charge in [0.1, 0.15) is 11.5 Å². The van der Waals surface area contributed by atoms with Crippen molar-refractivity contribution in [1.82, 2.24) is 0 Å². The lowest BCUT2D eigenvalue weighted by Gasteiger charge is -2.12. The normalized spacial score (nSPS) is 10.3. The zero-order valence-electron chi connectivity index (χ0n) is 12.8. The van der Waals surface area contributed by atoms with E-state index in [4.69, 9.17) is 9.47 Å². The summed E-state index contributed by atoms with van der Waals surface area (Å²) in [5.74, 6) is 1.24. The van der Waals surface area contributed by atoms with Gasteiger partial charge < -0.3 is 14.8 Å². The third kappa shape index (κ3) is 3.43. The topological polar surface area (TPSA) is 47.6 Å². The Morgan fingerprint density at radius 2 is 1.61 bits per heavy atom. The SMILES string of the molecule is COc1ccc(NC(=O)COc2ccccc2)c2ccccc12. The molecule has 0 bridgehead atoms. The molecule has 4 heteroatoms. The van der Waals surface area contributed by atoms with E-state index < -0.39 is 0 Å². The zero-order valence-corrected chi connectivity index (χ0v) is 12.8. The Hall–Kier alpha value is -3.01. The summed E-state index contributed by atoms with van der Waals surface area (Å²) in [4.78, 5) is 12.1. The third-order valence-corrected chi connectivity index (χ3v) is 3.49. The molecule has 0 fully saturated rings. The van der Waals surface area contributed by atoms with E-state index in [2.05, 4.69) is 5.32 Å². The number of hydrogen-bond donors (Lipinski definition) is 1. The number of carbonyl (C=O) groups is 1. The molecule has 3 aromatic rings. The van der Waals surface area contributed by atoms with Crippen LogP contribution in [0.1, 0.15) is 0 Å². The van der Waals surface area contributed by atoms with E-state index in [0.29, 0.717) is 5.75 Å². The molecule has 1 amide bonds. The molecule has 23 heavy (non-hydrogen) atoms. The van der Waals surface area contributed by atoms with Crippen molar-refractivity contribution in [2.24, 2.45) is 0 Å². The van der Waals surface area contributed by atoms with Gasteiger partial charge in [-0.25, -0.2) is 0 Å². The summed E-state index contributed by atoms with van der Waals surface area (Å²) in [7, 11) is 1.63. The maximum atomic E-state index is 12.1. The second-order valence-electron chi connectivity index (χ2n) is 5.01. The van der Waals surface area contributed by atoms with Crippen LogP contribution in [0.4, 0.5) is 5.69 Å². The Balaban J connectivity index is 1.75. The van der Waals surface area contributed by atoms with Crippen LogP contribution in [0.15, 0.2) is 66.7 Å². The molecule has 0 aliphatic rings. The molecule has 0 atom stereocenters. The second-order valence-corrected chi connectivity index (χ2v) is 5.01. The number of rotatable bonds is 5.